The summed E-state index contributed by atoms with van der Waals surface area (Å²) < 4.78 is 11.1. The minimum Gasteiger partial charge on any atom is -0.381 e. The highest BCUT2D eigenvalue weighted by Gasteiger charge is 2.13. The summed E-state index contributed by atoms with van der Waals surface area (Å²) in [6, 6.07) is 10.1. The van der Waals surface area contributed by atoms with E-state index in [2.05, 4.69) is 33.1 Å². The lowest BCUT2D eigenvalue weighted by Gasteiger charge is -2.21. The number of aliphatic imine (C=N–C) groups is 1. The van der Waals surface area contributed by atoms with Crippen LogP contribution in [0.25, 0.3) is 0 Å². The average molecular weight is 532 g/mol. The number of nitrogens with one attached hydrogen (secondary N) is 3. The molecule has 1 aliphatic rings. The predicted octanol–water partition coefficient (Wildman–Crippen LogP) is 2.35. The molecule has 0 unspecified atom stereocenters. The van der Waals surface area contributed by atoms with Gasteiger partial charge >= 0.3 is 0 Å². The van der Waals surface area contributed by atoms with Crippen molar-refractivity contribution in [1.29, 1.82) is 0 Å². The number of ether oxygens (including phenoxy) is 2. The van der Waals surface area contributed by atoms with Crippen LogP contribution in [0, 0.1) is 5.92 Å². The zero-order valence-corrected chi connectivity index (χ0v) is 20.4. The molecule has 30 heavy (non-hydrogen) atoms. The molecule has 0 bridgehead atoms. The largest absolute Gasteiger partial charge is 0.381 e. The number of guanidine groups is 1. The zero-order valence-electron chi connectivity index (χ0n) is 18.0. The third kappa shape index (κ3) is 12.3. The number of amides is 1. The van der Waals surface area contributed by atoms with Crippen LogP contribution in [0.1, 0.15) is 31.7 Å². The maximum absolute atomic E-state index is 12.0. The van der Waals surface area contributed by atoms with Crippen molar-refractivity contribution in [2.24, 2.45) is 10.9 Å². The quantitative estimate of drug-likeness (QED) is 0.167. The first kappa shape index (κ1) is 26.6. The van der Waals surface area contributed by atoms with Gasteiger partial charge in [0.15, 0.2) is 5.96 Å². The third-order valence-electron chi connectivity index (χ3n) is 4.76. The Bertz CT molecular complexity index is 595. The van der Waals surface area contributed by atoms with Crippen molar-refractivity contribution < 1.29 is 14.3 Å². The molecule has 0 radical (unpaired) electrons. The summed E-state index contributed by atoms with van der Waals surface area (Å²) in [5, 5.41) is 9.34. The molecule has 7 nitrogen and oxygen atoms in total. The van der Waals surface area contributed by atoms with Gasteiger partial charge in [-0.2, -0.15) is 0 Å². The van der Waals surface area contributed by atoms with Crippen molar-refractivity contribution >= 4 is 35.8 Å². The van der Waals surface area contributed by atoms with Crippen molar-refractivity contribution in [3.63, 3.8) is 0 Å². The smallest absolute Gasteiger partial charge is 0.241 e. The maximum Gasteiger partial charge on any atom is 0.241 e. The first-order valence-electron chi connectivity index (χ1n) is 10.8. The summed E-state index contributed by atoms with van der Waals surface area (Å²) in [5.41, 5.74) is 1.21. The Morgan fingerprint density at radius 2 is 1.90 bits per heavy atom. The van der Waals surface area contributed by atoms with Gasteiger partial charge in [0.05, 0.1) is 0 Å². The van der Waals surface area contributed by atoms with E-state index in [-0.39, 0.29) is 36.4 Å². The van der Waals surface area contributed by atoms with Crippen LogP contribution in [0.2, 0.25) is 0 Å². The molecular formula is C22H37IN4O3. The van der Waals surface area contributed by atoms with Crippen LogP contribution in [0.4, 0.5) is 0 Å². The summed E-state index contributed by atoms with van der Waals surface area (Å²) >= 11 is 0. The number of benzene rings is 1. The third-order valence-corrected chi connectivity index (χ3v) is 4.76. The number of nitrogens with zero attached hydrogens (tertiary/aromatic N) is 1. The van der Waals surface area contributed by atoms with Crippen molar-refractivity contribution in [1.82, 2.24) is 16.0 Å². The lowest BCUT2D eigenvalue weighted by Crippen LogP contribution is -2.39. The standard InChI is InChI=1S/C22H36N4O3.HI/c1-2-23-22(25-12-6-14-29-18-20-10-15-28-16-11-20)26-17-21(27)24-13-9-19-7-4-3-5-8-19;/h3-5,7-8,20H,2,6,9-18H2,1H3,(H,24,27)(H2,23,25,26);1H. The molecule has 0 spiro atoms. The topological polar surface area (TPSA) is 84.0 Å². The van der Waals surface area contributed by atoms with E-state index in [0.29, 0.717) is 18.4 Å². The molecule has 0 aliphatic carbocycles. The van der Waals surface area contributed by atoms with Gasteiger partial charge < -0.3 is 25.4 Å². The van der Waals surface area contributed by atoms with E-state index in [9.17, 15) is 4.79 Å². The summed E-state index contributed by atoms with van der Waals surface area (Å²) in [4.78, 5) is 16.4. The Kier molecular flexibility index (Phi) is 15.4. The van der Waals surface area contributed by atoms with E-state index < -0.39 is 0 Å². The van der Waals surface area contributed by atoms with E-state index in [1.807, 2.05) is 25.1 Å². The number of carbonyl (C=O) groups excluding carboxylic acids is 1. The molecule has 1 amide bonds. The highest BCUT2D eigenvalue weighted by Crippen LogP contribution is 2.14. The Morgan fingerprint density at radius 1 is 1.13 bits per heavy atom. The van der Waals surface area contributed by atoms with Crippen molar-refractivity contribution in [3.05, 3.63) is 35.9 Å². The summed E-state index contributed by atoms with van der Waals surface area (Å²) in [7, 11) is 0. The fraction of sp³-hybridized carbons (Fsp3) is 0.636. The number of halogens is 1. The molecule has 170 valence electrons. The van der Waals surface area contributed by atoms with Crippen LogP contribution in [0.15, 0.2) is 35.3 Å². The second-order valence-electron chi connectivity index (χ2n) is 7.19. The Labute approximate surface area is 197 Å². The van der Waals surface area contributed by atoms with E-state index in [4.69, 9.17) is 9.47 Å². The van der Waals surface area contributed by atoms with Crippen molar-refractivity contribution in [2.75, 3.05) is 52.6 Å². The maximum atomic E-state index is 12.0. The van der Waals surface area contributed by atoms with Crippen molar-refractivity contribution in [3.8, 4) is 0 Å². The monoisotopic (exact) mass is 532 g/mol. The molecule has 1 aliphatic heterocycles. The molecule has 1 saturated heterocycles. The molecular weight excluding hydrogens is 495 g/mol. The highest BCUT2D eigenvalue weighted by atomic mass is 127. The average Bonchev–Trinajstić information content (AvgIpc) is 2.76. The zero-order chi connectivity index (χ0) is 20.6. The highest BCUT2D eigenvalue weighted by molar-refractivity contribution is 14.0. The lowest BCUT2D eigenvalue weighted by molar-refractivity contribution is -0.119. The minimum absolute atomic E-state index is 0. The SMILES string of the molecule is CCNC(=NCC(=O)NCCc1ccccc1)NCCCOCC1CCOCC1.I. The first-order chi connectivity index (χ1) is 14.3. The summed E-state index contributed by atoms with van der Waals surface area (Å²) in [6.45, 7) is 7.52. The van der Waals surface area contributed by atoms with E-state index in [1.54, 1.807) is 0 Å². The molecule has 0 aromatic heterocycles. The number of carbonyl (C=O) groups is 1. The predicted molar refractivity (Wildman–Crippen MR) is 132 cm³/mol. The van der Waals surface area contributed by atoms with Gasteiger partial charge in [-0.25, -0.2) is 4.99 Å². The van der Waals surface area contributed by atoms with Gasteiger partial charge in [0.1, 0.15) is 6.54 Å². The van der Waals surface area contributed by atoms with E-state index >= 15 is 0 Å². The van der Waals surface area contributed by atoms with Gasteiger partial charge in [-0.1, -0.05) is 30.3 Å². The first-order valence-corrected chi connectivity index (χ1v) is 10.8. The van der Waals surface area contributed by atoms with Crippen LogP contribution in [-0.2, 0) is 20.7 Å². The van der Waals surface area contributed by atoms with Crippen LogP contribution < -0.4 is 16.0 Å². The van der Waals surface area contributed by atoms with Crippen molar-refractivity contribution in [2.45, 2.75) is 32.6 Å². The second-order valence-corrected chi connectivity index (χ2v) is 7.19. The second kappa shape index (κ2) is 17.3. The molecule has 1 aromatic rings. The van der Waals surface area contributed by atoms with Gasteiger partial charge in [0, 0.05) is 46.1 Å². The molecule has 0 atom stereocenters. The van der Waals surface area contributed by atoms with E-state index in [1.165, 1.54) is 5.56 Å². The summed E-state index contributed by atoms with van der Waals surface area (Å²) in [5.74, 6) is 1.23. The molecule has 1 fully saturated rings. The number of hydrogen-bond acceptors (Lipinski definition) is 4. The number of rotatable bonds is 12. The normalized spacial score (nSPS) is 14.6. The van der Waals surface area contributed by atoms with Gasteiger partial charge in [-0.15, -0.1) is 24.0 Å². The van der Waals surface area contributed by atoms with Crippen LogP contribution in [0.3, 0.4) is 0 Å². The molecule has 1 aromatic carbocycles. The molecule has 2 rings (SSSR count). The molecule has 3 N–H and O–H groups in total. The van der Waals surface area contributed by atoms with Crippen LogP contribution in [-0.4, -0.2) is 64.5 Å². The van der Waals surface area contributed by atoms with Gasteiger partial charge in [-0.05, 0) is 44.1 Å². The van der Waals surface area contributed by atoms with Crippen LogP contribution in [0.5, 0.6) is 0 Å². The fourth-order valence-electron chi connectivity index (χ4n) is 3.08. The molecule has 8 heteroatoms. The lowest BCUT2D eigenvalue weighted by atomic mass is 10.0. The van der Waals surface area contributed by atoms with Gasteiger partial charge in [0.2, 0.25) is 5.91 Å². The minimum atomic E-state index is -0.0714. The molecule has 0 saturated carbocycles. The van der Waals surface area contributed by atoms with Gasteiger partial charge in [-0.3, -0.25) is 4.79 Å². The number of hydrogen-bond donors (Lipinski definition) is 3. The Hall–Kier alpha value is -1.39. The van der Waals surface area contributed by atoms with Gasteiger partial charge in [0.25, 0.3) is 0 Å². The van der Waals surface area contributed by atoms with Crippen LogP contribution >= 0.6 is 24.0 Å². The fourth-order valence-corrected chi connectivity index (χ4v) is 3.08. The van der Waals surface area contributed by atoms with E-state index in [0.717, 1.165) is 65.2 Å². The molecule has 1 heterocycles. The summed E-state index contributed by atoms with van der Waals surface area (Å²) in [6.07, 6.45) is 3.92. The Balaban J connectivity index is 0.00000450. The Morgan fingerprint density at radius 3 is 2.63 bits per heavy atom.